The minimum Gasteiger partial charge on any atom is -0.379 e. The summed E-state index contributed by atoms with van der Waals surface area (Å²) in [5, 5.41) is 6.32. The van der Waals surface area contributed by atoms with E-state index >= 15 is 0 Å². The van der Waals surface area contributed by atoms with Crippen molar-refractivity contribution in [2.24, 2.45) is 0 Å². The Morgan fingerprint density at radius 3 is 3.26 bits per heavy atom. The van der Waals surface area contributed by atoms with Gasteiger partial charge >= 0.3 is 0 Å². The first-order valence-electron chi connectivity index (χ1n) is 6.09. The predicted molar refractivity (Wildman–Crippen MR) is 71.9 cm³/mol. The van der Waals surface area contributed by atoms with E-state index in [1.165, 1.54) is 6.33 Å². The maximum atomic E-state index is 5.33. The van der Waals surface area contributed by atoms with E-state index in [0.29, 0.717) is 24.7 Å². The SMILES string of the molecule is C#CCNc1nc2ncnc(N[C@@H]3CCOC3)c2[nH]1. The number of aromatic amines is 1. The number of anilines is 2. The van der Waals surface area contributed by atoms with Crippen LogP contribution >= 0.6 is 0 Å². The van der Waals surface area contributed by atoms with Gasteiger partial charge in [-0.15, -0.1) is 6.42 Å². The summed E-state index contributed by atoms with van der Waals surface area (Å²) in [6.45, 7) is 1.89. The Kier molecular flexibility index (Phi) is 3.16. The van der Waals surface area contributed by atoms with Crippen LogP contribution in [0.1, 0.15) is 6.42 Å². The summed E-state index contributed by atoms with van der Waals surface area (Å²) in [5.74, 6) is 3.83. The highest BCUT2D eigenvalue weighted by Gasteiger charge is 2.18. The van der Waals surface area contributed by atoms with Gasteiger partial charge in [-0.25, -0.2) is 9.97 Å². The molecule has 3 N–H and O–H groups in total. The Hall–Kier alpha value is -2.33. The summed E-state index contributed by atoms with van der Waals surface area (Å²) in [5.41, 5.74) is 1.38. The van der Waals surface area contributed by atoms with Crippen molar-refractivity contribution >= 4 is 22.9 Å². The van der Waals surface area contributed by atoms with E-state index in [1.807, 2.05) is 0 Å². The molecule has 0 spiro atoms. The van der Waals surface area contributed by atoms with Gasteiger partial charge < -0.3 is 20.4 Å². The van der Waals surface area contributed by atoms with Crippen LogP contribution < -0.4 is 10.6 Å². The van der Waals surface area contributed by atoms with Crippen LogP contribution in [0.2, 0.25) is 0 Å². The molecule has 1 saturated heterocycles. The standard InChI is InChI=1S/C12H14N6O/c1-2-4-13-12-17-9-10(14-7-15-11(9)18-12)16-8-3-5-19-6-8/h1,7-8H,3-6H2,(H3,13,14,15,16,17,18)/t8-/m1/s1. The lowest BCUT2D eigenvalue weighted by atomic mass is 10.2. The number of hydrogen-bond donors (Lipinski definition) is 3. The van der Waals surface area contributed by atoms with Gasteiger partial charge in [-0.3, -0.25) is 0 Å². The molecule has 98 valence electrons. The molecule has 0 unspecified atom stereocenters. The van der Waals surface area contributed by atoms with Crippen LogP contribution in [0.4, 0.5) is 11.8 Å². The number of aromatic nitrogens is 4. The van der Waals surface area contributed by atoms with Crippen molar-refractivity contribution in [3.63, 3.8) is 0 Å². The minimum atomic E-state index is 0.281. The Labute approximate surface area is 110 Å². The normalized spacial score (nSPS) is 18.4. The molecule has 1 fully saturated rings. The van der Waals surface area contributed by atoms with E-state index in [-0.39, 0.29) is 6.04 Å². The van der Waals surface area contributed by atoms with Gasteiger partial charge in [0.15, 0.2) is 11.5 Å². The van der Waals surface area contributed by atoms with E-state index in [9.17, 15) is 0 Å². The minimum absolute atomic E-state index is 0.281. The number of hydrogen-bond acceptors (Lipinski definition) is 6. The Bertz CT molecular complexity index is 610. The first-order valence-corrected chi connectivity index (χ1v) is 6.09. The lowest BCUT2D eigenvalue weighted by molar-refractivity contribution is 0.195. The fourth-order valence-electron chi connectivity index (χ4n) is 2.00. The quantitative estimate of drug-likeness (QED) is 0.696. The highest BCUT2D eigenvalue weighted by Crippen LogP contribution is 2.20. The Balaban J connectivity index is 1.86. The molecule has 0 amide bonds. The van der Waals surface area contributed by atoms with Crippen LogP contribution in [-0.2, 0) is 4.74 Å². The van der Waals surface area contributed by atoms with Crippen LogP contribution in [0.3, 0.4) is 0 Å². The van der Waals surface area contributed by atoms with E-state index in [4.69, 9.17) is 11.2 Å². The number of nitrogens with one attached hydrogen (secondary N) is 3. The van der Waals surface area contributed by atoms with Gasteiger partial charge in [-0.1, -0.05) is 5.92 Å². The van der Waals surface area contributed by atoms with Gasteiger partial charge in [0.25, 0.3) is 0 Å². The Morgan fingerprint density at radius 1 is 1.53 bits per heavy atom. The molecule has 19 heavy (non-hydrogen) atoms. The second-order valence-electron chi connectivity index (χ2n) is 4.27. The van der Waals surface area contributed by atoms with Crippen molar-refractivity contribution in [1.82, 2.24) is 19.9 Å². The third kappa shape index (κ3) is 2.44. The molecule has 0 aromatic carbocycles. The van der Waals surface area contributed by atoms with E-state index in [1.54, 1.807) is 0 Å². The first-order chi connectivity index (χ1) is 9.36. The number of imidazole rings is 1. The zero-order valence-corrected chi connectivity index (χ0v) is 10.3. The van der Waals surface area contributed by atoms with Crippen LogP contribution in [0.25, 0.3) is 11.2 Å². The van der Waals surface area contributed by atoms with Crippen LogP contribution in [0, 0.1) is 12.3 Å². The molecule has 3 rings (SSSR count). The molecule has 2 aromatic rings. The molecule has 0 aliphatic carbocycles. The van der Waals surface area contributed by atoms with Gasteiger partial charge in [0.2, 0.25) is 5.95 Å². The zero-order valence-electron chi connectivity index (χ0n) is 10.3. The second kappa shape index (κ2) is 5.12. The number of H-pyrrole nitrogens is 1. The van der Waals surface area contributed by atoms with E-state index in [2.05, 4.69) is 36.5 Å². The summed E-state index contributed by atoms with van der Waals surface area (Å²) in [6, 6.07) is 0.281. The predicted octanol–water partition coefficient (Wildman–Crippen LogP) is 0.599. The number of nitrogens with zero attached hydrogens (tertiary/aromatic N) is 3. The number of fused-ring (bicyclic) bond motifs is 1. The van der Waals surface area contributed by atoms with E-state index in [0.717, 1.165) is 24.4 Å². The molecule has 2 aromatic heterocycles. The summed E-state index contributed by atoms with van der Waals surface area (Å²) in [4.78, 5) is 15.8. The molecule has 0 saturated carbocycles. The fraction of sp³-hybridized carbons (Fsp3) is 0.417. The van der Waals surface area contributed by atoms with Gasteiger partial charge in [0, 0.05) is 6.61 Å². The highest BCUT2D eigenvalue weighted by atomic mass is 16.5. The average molecular weight is 258 g/mol. The molecule has 3 heterocycles. The largest absolute Gasteiger partial charge is 0.379 e. The topological polar surface area (TPSA) is 87.8 Å². The van der Waals surface area contributed by atoms with Gasteiger partial charge in [0.1, 0.15) is 11.8 Å². The van der Waals surface area contributed by atoms with Gasteiger partial charge in [0.05, 0.1) is 19.2 Å². The third-order valence-electron chi connectivity index (χ3n) is 2.92. The average Bonchev–Trinajstić information content (AvgIpc) is 3.05. The smallest absolute Gasteiger partial charge is 0.203 e. The van der Waals surface area contributed by atoms with Crippen molar-refractivity contribution in [2.75, 3.05) is 30.4 Å². The molecule has 1 atom stereocenters. The fourth-order valence-corrected chi connectivity index (χ4v) is 2.00. The van der Waals surface area contributed by atoms with Crippen molar-refractivity contribution < 1.29 is 4.74 Å². The maximum Gasteiger partial charge on any atom is 0.203 e. The maximum absolute atomic E-state index is 5.33. The first kappa shape index (κ1) is 11.7. The van der Waals surface area contributed by atoms with Crippen LogP contribution in [0.15, 0.2) is 6.33 Å². The molecular formula is C12H14N6O. The molecule has 0 bridgehead atoms. The molecule has 7 nitrogen and oxygen atoms in total. The van der Waals surface area contributed by atoms with Crippen LogP contribution in [-0.4, -0.2) is 45.7 Å². The van der Waals surface area contributed by atoms with Gasteiger partial charge in [-0.05, 0) is 6.42 Å². The van der Waals surface area contributed by atoms with E-state index < -0.39 is 0 Å². The van der Waals surface area contributed by atoms with Crippen molar-refractivity contribution in [3.8, 4) is 12.3 Å². The summed E-state index contributed by atoms with van der Waals surface area (Å²) in [6.07, 6.45) is 7.67. The summed E-state index contributed by atoms with van der Waals surface area (Å²) < 4.78 is 5.33. The van der Waals surface area contributed by atoms with Crippen molar-refractivity contribution in [2.45, 2.75) is 12.5 Å². The molecular weight excluding hydrogens is 244 g/mol. The number of ether oxygens (including phenoxy) is 1. The van der Waals surface area contributed by atoms with Crippen molar-refractivity contribution in [3.05, 3.63) is 6.33 Å². The van der Waals surface area contributed by atoms with Crippen molar-refractivity contribution in [1.29, 1.82) is 0 Å². The molecule has 0 radical (unpaired) electrons. The summed E-state index contributed by atoms with van der Waals surface area (Å²) in [7, 11) is 0. The lowest BCUT2D eigenvalue weighted by Gasteiger charge is -2.10. The third-order valence-corrected chi connectivity index (χ3v) is 2.92. The zero-order chi connectivity index (χ0) is 13.1. The van der Waals surface area contributed by atoms with Gasteiger partial charge in [-0.2, -0.15) is 4.98 Å². The number of terminal acetylenes is 1. The molecule has 1 aliphatic rings. The Morgan fingerprint density at radius 2 is 2.47 bits per heavy atom. The molecule has 7 heteroatoms. The highest BCUT2D eigenvalue weighted by molar-refractivity contribution is 5.84. The monoisotopic (exact) mass is 258 g/mol. The van der Waals surface area contributed by atoms with Crippen LogP contribution in [0.5, 0.6) is 0 Å². The number of rotatable bonds is 4. The summed E-state index contributed by atoms with van der Waals surface area (Å²) >= 11 is 0. The second-order valence-corrected chi connectivity index (χ2v) is 4.27. The molecule has 1 aliphatic heterocycles. The lowest BCUT2D eigenvalue weighted by Crippen LogP contribution is -2.20.